The fourth-order valence-electron chi connectivity index (χ4n) is 1.74. The fraction of sp³-hybridized carbons (Fsp3) is 0.895. The summed E-state index contributed by atoms with van der Waals surface area (Å²) in [5.74, 6) is -0.785. The number of carbonyl (C=O) groups excluding carboxylic acids is 2. The predicted octanol–water partition coefficient (Wildman–Crippen LogP) is -0.0891. The summed E-state index contributed by atoms with van der Waals surface area (Å²) in [6.45, 7) is 8.89. The zero-order valence-corrected chi connectivity index (χ0v) is 20.4. The van der Waals surface area contributed by atoms with Crippen LogP contribution < -0.4 is 0 Å². The number of ether oxygens (including phenoxy) is 6. The Hall–Kier alpha value is -1.35. The molecule has 0 aromatic carbocycles. The number of hydrogen-bond donors (Lipinski definition) is 1. The zero-order chi connectivity index (χ0) is 24.8. The van der Waals surface area contributed by atoms with E-state index < -0.39 is 28.3 Å². The van der Waals surface area contributed by atoms with Crippen molar-refractivity contribution in [3.05, 3.63) is 0 Å². The highest BCUT2D eigenvalue weighted by Crippen LogP contribution is 1.95. The highest BCUT2D eigenvalue weighted by Gasteiger charge is 2.14. The van der Waals surface area contributed by atoms with E-state index in [4.69, 9.17) is 33.5 Å². The van der Waals surface area contributed by atoms with Gasteiger partial charge in [0.2, 0.25) is 0 Å². The van der Waals surface area contributed by atoms with E-state index in [2.05, 4.69) is 4.18 Å². The fourth-order valence-corrected chi connectivity index (χ4v) is 2.11. The van der Waals surface area contributed by atoms with Crippen LogP contribution in [0.5, 0.6) is 0 Å². The van der Waals surface area contributed by atoms with E-state index in [0.29, 0.717) is 26.4 Å². The molecule has 0 rings (SSSR count). The Bertz CT molecular complexity index is 567. The van der Waals surface area contributed by atoms with Crippen molar-refractivity contribution in [3.63, 3.8) is 0 Å². The maximum atomic E-state index is 11.1. The average molecular weight is 491 g/mol. The molecule has 0 aromatic rings. The van der Waals surface area contributed by atoms with Gasteiger partial charge in [-0.2, -0.15) is 8.42 Å². The van der Waals surface area contributed by atoms with Crippen molar-refractivity contribution in [1.82, 2.24) is 0 Å². The first-order valence-corrected chi connectivity index (χ1v) is 12.1. The number of rotatable bonds is 18. The molecule has 192 valence electrons. The van der Waals surface area contributed by atoms with Gasteiger partial charge in [0, 0.05) is 0 Å². The van der Waals surface area contributed by atoms with E-state index in [-0.39, 0.29) is 45.6 Å². The molecule has 0 fully saturated rings. The Morgan fingerprint density at radius 3 is 1.53 bits per heavy atom. The highest BCUT2D eigenvalue weighted by atomic mass is 32.2. The lowest BCUT2D eigenvalue weighted by atomic mass is 10.4. The van der Waals surface area contributed by atoms with Crippen LogP contribution in [0.2, 0.25) is 0 Å². The third kappa shape index (κ3) is 23.3. The van der Waals surface area contributed by atoms with Gasteiger partial charge in [-0.3, -0.25) is 4.18 Å². The van der Waals surface area contributed by atoms with Gasteiger partial charge in [0.1, 0.15) is 0 Å². The van der Waals surface area contributed by atoms with Gasteiger partial charge in [0.25, 0.3) is 10.1 Å². The predicted molar refractivity (Wildman–Crippen MR) is 114 cm³/mol. The molecule has 0 aliphatic heterocycles. The minimum absolute atomic E-state index is 0.00652. The monoisotopic (exact) mass is 490 g/mol. The van der Waals surface area contributed by atoms with E-state index in [1.807, 2.05) is 0 Å². The summed E-state index contributed by atoms with van der Waals surface area (Å²) in [5, 5.41) is 8.39. The van der Waals surface area contributed by atoms with Crippen LogP contribution in [0.15, 0.2) is 0 Å². The minimum atomic E-state index is -3.42. The Balaban J connectivity index is 0. The molecule has 1 N–H and O–H groups in total. The van der Waals surface area contributed by atoms with Gasteiger partial charge < -0.3 is 33.5 Å². The molecule has 0 saturated heterocycles. The second kappa shape index (κ2) is 21.5. The molecule has 0 amide bonds. The molecule has 0 aliphatic carbocycles. The van der Waals surface area contributed by atoms with Gasteiger partial charge in [-0.05, 0) is 27.7 Å². The second-order valence-corrected chi connectivity index (χ2v) is 7.65. The van der Waals surface area contributed by atoms with E-state index >= 15 is 0 Å². The lowest BCUT2D eigenvalue weighted by molar-refractivity contribution is -0.157. The smallest absolute Gasteiger partial charge is 0.334 e. The summed E-state index contributed by atoms with van der Waals surface area (Å²) in [6, 6.07) is 0. The van der Waals surface area contributed by atoms with Crippen molar-refractivity contribution >= 4 is 22.1 Å². The second-order valence-electron chi connectivity index (χ2n) is 6.00. The summed E-state index contributed by atoms with van der Waals surface area (Å²) in [6.07, 6.45) is -0.231. The molecule has 0 aromatic heterocycles. The number of aliphatic hydroxyl groups excluding tert-OH is 1. The third-order valence-electron chi connectivity index (χ3n) is 3.19. The molecule has 0 saturated carbocycles. The van der Waals surface area contributed by atoms with E-state index in [9.17, 15) is 18.0 Å². The quantitative estimate of drug-likeness (QED) is 0.155. The molecule has 32 heavy (non-hydrogen) atoms. The van der Waals surface area contributed by atoms with E-state index in [0.717, 1.165) is 6.26 Å². The summed E-state index contributed by atoms with van der Waals surface area (Å²) < 4.78 is 55.4. The summed E-state index contributed by atoms with van der Waals surface area (Å²) >= 11 is 0. The van der Waals surface area contributed by atoms with Gasteiger partial charge in [-0.1, -0.05) is 0 Å². The topological polar surface area (TPSA) is 153 Å². The van der Waals surface area contributed by atoms with Crippen LogP contribution in [-0.2, 0) is 52.3 Å². The van der Waals surface area contributed by atoms with Crippen molar-refractivity contribution < 1.29 is 55.7 Å². The molecule has 0 spiro atoms. The highest BCUT2D eigenvalue weighted by molar-refractivity contribution is 7.85. The Labute approximate surface area is 190 Å². The van der Waals surface area contributed by atoms with Crippen molar-refractivity contribution in [1.29, 1.82) is 0 Å². The zero-order valence-electron chi connectivity index (χ0n) is 19.6. The lowest BCUT2D eigenvalue weighted by Gasteiger charge is -2.11. The molecular weight excluding hydrogens is 452 g/mol. The molecule has 0 unspecified atom stereocenters. The van der Waals surface area contributed by atoms with Crippen LogP contribution in [0.1, 0.15) is 27.7 Å². The SMILES string of the molecule is CCOC(=O)[C@H](C)OCCOCCO.CCOC(=O)[C@H](C)OCCOCCOS(C)(=O)=O. The minimum Gasteiger partial charge on any atom is -0.464 e. The third-order valence-corrected chi connectivity index (χ3v) is 3.78. The molecule has 2 atom stereocenters. The van der Waals surface area contributed by atoms with Gasteiger partial charge in [0.15, 0.2) is 12.2 Å². The molecule has 0 aliphatic rings. The van der Waals surface area contributed by atoms with Gasteiger partial charge >= 0.3 is 11.9 Å². The first-order chi connectivity index (χ1) is 15.1. The number of hydrogen-bond acceptors (Lipinski definition) is 12. The number of esters is 2. The molecular formula is C19H38O12S. The van der Waals surface area contributed by atoms with Crippen LogP contribution >= 0.6 is 0 Å². The summed E-state index contributed by atoms with van der Waals surface area (Å²) in [7, 11) is -3.42. The first-order valence-electron chi connectivity index (χ1n) is 10.3. The van der Waals surface area contributed by atoms with Crippen LogP contribution in [0.4, 0.5) is 0 Å². The largest absolute Gasteiger partial charge is 0.464 e. The van der Waals surface area contributed by atoms with Crippen molar-refractivity contribution in [2.24, 2.45) is 0 Å². The van der Waals surface area contributed by atoms with Crippen molar-refractivity contribution in [2.75, 3.05) is 72.3 Å². The van der Waals surface area contributed by atoms with Crippen molar-refractivity contribution in [2.45, 2.75) is 39.9 Å². The van der Waals surface area contributed by atoms with Crippen LogP contribution in [0.3, 0.4) is 0 Å². The van der Waals surface area contributed by atoms with Crippen molar-refractivity contribution in [3.8, 4) is 0 Å². The van der Waals surface area contributed by atoms with Gasteiger partial charge in [0.05, 0.1) is 72.3 Å². The van der Waals surface area contributed by atoms with E-state index in [1.165, 1.54) is 0 Å². The Morgan fingerprint density at radius 1 is 0.750 bits per heavy atom. The van der Waals surface area contributed by atoms with Crippen LogP contribution in [0.25, 0.3) is 0 Å². The maximum absolute atomic E-state index is 11.1. The van der Waals surface area contributed by atoms with Crippen LogP contribution in [-0.4, -0.2) is 110 Å². The molecule has 12 nitrogen and oxygen atoms in total. The van der Waals surface area contributed by atoms with Crippen LogP contribution in [0, 0.1) is 0 Å². The number of carbonyl (C=O) groups is 2. The standard InChI is InChI=1S/C10H20O7S.C9H18O5/c1-4-15-10(11)9(2)16-7-5-14-6-8-17-18(3,12)13;1-3-13-9(11)8(2)14-7-6-12-5-4-10/h9H,4-8H2,1-3H3;8,10H,3-7H2,1-2H3/t9-;8-/m00/s1. The maximum Gasteiger partial charge on any atom is 0.334 e. The molecule has 0 heterocycles. The first kappa shape index (κ1) is 32.8. The van der Waals surface area contributed by atoms with E-state index in [1.54, 1.807) is 27.7 Å². The summed E-state index contributed by atoms with van der Waals surface area (Å²) in [4.78, 5) is 22.2. The van der Waals surface area contributed by atoms with Gasteiger partial charge in [-0.15, -0.1) is 0 Å². The Kier molecular flexibility index (Phi) is 22.0. The summed E-state index contributed by atoms with van der Waals surface area (Å²) in [5.41, 5.74) is 0. The lowest BCUT2D eigenvalue weighted by Crippen LogP contribution is -2.25. The molecule has 13 heteroatoms. The number of aliphatic hydroxyl groups is 1. The molecule has 0 radical (unpaired) electrons. The molecule has 0 bridgehead atoms. The Morgan fingerprint density at radius 2 is 1.16 bits per heavy atom. The normalized spacial score (nSPS) is 12.9. The van der Waals surface area contributed by atoms with Gasteiger partial charge in [-0.25, -0.2) is 9.59 Å². The average Bonchev–Trinajstić information content (AvgIpc) is 2.72.